The van der Waals surface area contributed by atoms with Crippen LogP contribution >= 0.6 is 23.2 Å². The number of fused-ring (bicyclic) bond motifs is 1. The topological polar surface area (TPSA) is 55.1 Å². The van der Waals surface area contributed by atoms with Crippen molar-refractivity contribution in [2.45, 2.75) is 6.92 Å². The maximum absolute atomic E-state index is 6.11. The van der Waals surface area contributed by atoms with E-state index < -0.39 is 0 Å². The smallest absolute Gasteiger partial charge is 0.204 e. The van der Waals surface area contributed by atoms with E-state index in [1.807, 2.05) is 11.3 Å². The van der Waals surface area contributed by atoms with E-state index >= 15 is 0 Å². The molecule has 19 heavy (non-hydrogen) atoms. The standard InChI is InChI=1S/C12H9Cl2N5/c1-7-17-18-12-11(15-4-5-19(7)12)16-10-6-8(13)2-3-9(10)14/h2-6H,1H3,(H,15,16). The normalized spacial score (nSPS) is 10.9. The van der Waals surface area contributed by atoms with E-state index in [0.717, 1.165) is 5.82 Å². The van der Waals surface area contributed by atoms with Crippen LogP contribution in [0.1, 0.15) is 5.82 Å². The Bertz CT molecular complexity index is 753. The van der Waals surface area contributed by atoms with Crippen LogP contribution in [0.15, 0.2) is 30.6 Å². The van der Waals surface area contributed by atoms with Crippen LogP contribution in [0.5, 0.6) is 0 Å². The van der Waals surface area contributed by atoms with Gasteiger partial charge in [0.25, 0.3) is 0 Å². The molecule has 96 valence electrons. The van der Waals surface area contributed by atoms with Crippen molar-refractivity contribution in [3.63, 3.8) is 0 Å². The molecule has 0 saturated carbocycles. The van der Waals surface area contributed by atoms with Gasteiger partial charge >= 0.3 is 0 Å². The monoisotopic (exact) mass is 293 g/mol. The molecule has 3 aromatic rings. The van der Waals surface area contributed by atoms with Crippen molar-refractivity contribution < 1.29 is 0 Å². The summed E-state index contributed by atoms with van der Waals surface area (Å²) < 4.78 is 1.84. The lowest BCUT2D eigenvalue weighted by atomic mass is 10.3. The Morgan fingerprint density at radius 2 is 2.05 bits per heavy atom. The van der Waals surface area contributed by atoms with Gasteiger partial charge in [-0.3, -0.25) is 4.40 Å². The molecule has 0 radical (unpaired) electrons. The van der Waals surface area contributed by atoms with Crippen molar-refractivity contribution in [2.75, 3.05) is 5.32 Å². The van der Waals surface area contributed by atoms with Crippen molar-refractivity contribution in [1.29, 1.82) is 0 Å². The van der Waals surface area contributed by atoms with Gasteiger partial charge in [-0.1, -0.05) is 23.2 Å². The zero-order valence-corrected chi connectivity index (χ0v) is 11.4. The average Bonchev–Trinajstić information content (AvgIpc) is 2.77. The predicted molar refractivity (Wildman–Crippen MR) is 75.3 cm³/mol. The van der Waals surface area contributed by atoms with Crippen LogP contribution in [0.25, 0.3) is 5.65 Å². The molecule has 0 bridgehead atoms. The molecule has 1 aromatic carbocycles. The fourth-order valence-electron chi connectivity index (χ4n) is 1.75. The Morgan fingerprint density at radius 1 is 1.21 bits per heavy atom. The summed E-state index contributed by atoms with van der Waals surface area (Å²) in [5.74, 6) is 1.37. The lowest BCUT2D eigenvalue weighted by Gasteiger charge is -2.08. The Hall–Kier alpha value is -1.85. The fourth-order valence-corrected chi connectivity index (χ4v) is 2.09. The molecule has 0 saturated heterocycles. The van der Waals surface area contributed by atoms with Crippen molar-refractivity contribution in [3.05, 3.63) is 46.5 Å². The van der Waals surface area contributed by atoms with E-state index in [-0.39, 0.29) is 0 Å². The molecule has 0 unspecified atom stereocenters. The summed E-state index contributed by atoms with van der Waals surface area (Å²) in [6, 6.07) is 5.18. The fraction of sp³-hybridized carbons (Fsp3) is 0.0833. The van der Waals surface area contributed by atoms with Gasteiger partial charge in [0.2, 0.25) is 5.65 Å². The summed E-state index contributed by atoms with van der Waals surface area (Å²) in [5.41, 5.74) is 1.31. The van der Waals surface area contributed by atoms with Crippen LogP contribution in [0, 0.1) is 6.92 Å². The van der Waals surface area contributed by atoms with Gasteiger partial charge in [-0.05, 0) is 25.1 Å². The Kier molecular flexibility index (Phi) is 3.00. The van der Waals surface area contributed by atoms with Crippen molar-refractivity contribution in [3.8, 4) is 0 Å². The molecule has 2 heterocycles. The maximum Gasteiger partial charge on any atom is 0.204 e. The minimum atomic E-state index is 0.560. The summed E-state index contributed by atoms with van der Waals surface area (Å²) in [4.78, 5) is 4.25. The molecule has 0 atom stereocenters. The van der Waals surface area contributed by atoms with Crippen LogP contribution in [0.3, 0.4) is 0 Å². The van der Waals surface area contributed by atoms with Gasteiger partial charge in [0.15, 0.2) is 5.82 Å². The second kappa shape index (κ2) is 4.68. The Balaban J connectivity index is 2.08. The number of anilines is 2. The number of nitrogens with zero attached hydrogens (tertiary/aromatic N) is 4. The zero-order valence-electron chi connectivity index (χ0n) is 9.93. The van der Waals surface area contributed by atoms with Crippen LogP contribution in [0.4, 0.5) is 11.5 Å². The molecule has 0 fully saturated rings. The highest BCUT2D eigenvalue weighted by atomic mass is 35.5. The first-order chi connectivity index (χ1) is 9.15. The molecule has 0 aliphatic rings. The molecule has 7 heteroatoms. The summed E-state index contributed by atoms with van der Waals surface area (Å²) in [6.07, 6.45) is 3.47. The average molecular weight is 294 g/mol. The van der Waals surface area contributed by atoms with E-state index in [4.69, 9.17) is 23.2 Å². The van der Waals surface area contributed by atoms with Crippen molar-refractivity contribution in [2.24, 2.45) is 0 Å². The number of nitrogens with one attached hydrogen (secondary N) is 1. The minimum Gasteiger partial charge on any atom is -0.336 e. The molecule has 0 aliphatic carbocycles. The SMILES string of the molecule is Cc1nnc2c(Nc3cc(Cl)ccc3Cl)nccn12. The van der Waals surface area contributed by atoms with Crippen LogP contribution < -0.4 is 5.32 Å². The number of halogens is 2. The highest BCUT2D eigenvalue weighted by Crippen LogP contribution is 2.28. The zero-order chi connectivity index (χ0) is 13.4. The van der Waals surface area contributed by atoms with E-state index in [2.05, 4.69) is 20.5 Å². The molecule has 1 N–H and O–H groups in total. The number of aromatic nitrogens is 4. The number of hydrogen-bond acceptors (Lipinski definition) is 4. The van der Waals surface area contributed by atoms with Gasteiger partial charge in [-0.15, -0.1) is 10.2 Å². The van der Waals surface area contributed by atoms with E-state index in [1.165, 1.54) is 0 Å². The quantitative estimate of drug-likeness (QED) is 0.786. The van der Waals surface area contributed by atoms with E-state index in [1.54, 1.807) is 30.6 Å². The number of hydrogen-bond donors (Lipinski definition) is 1. The summed E-state index contributed by atoms with van der Waals surface area (Å²) in [6.45, 7) is 1.87. The first-order valence-electron chi connectivity index (χ1n) is 5.53. The number of benzene rings is 1. The molecule has 2 aromatic heterocycles. The minimum absolute atomic E-state index is 0.560. The largest absolute Gasteiger partial charge is 0.336 e. The molecule has 0 aliphatic heterocycles. The highest BCUT2D eigenvalue weighted by molar-refractivity contribution is 6.35. The second-order valence-electron chi connectivity index (χ2n) is 3.97. The molecule has 0 amide bonds. The van der Waals surface area contributed by atoms with Gasteiger partial charge in [-0.2, -0.15) is 0 Å². The van der Waals surface area contributed by atoms with E-state index in [0.29, 0.717) is 27.2 Å². The second-order valence-corrected chi connectivity index (χ2v) is 4.81. The highest BCUT2D eigenvalue weighted by Gasteiger charge is 2.09. The third kappa shape index (κ3) is 2.22. The summed E-state index contributed by atoms with van der Waals surface area (Å²) in [5, 5.41) is 12.4. The molecule has 3 rings (SSSR count). The van der Waals surface area contributed by atoms with Gasteiger partial charge in [0, 0.05) is 17.4 Å². The van der Waals surface area contributed by atoms with Gasteiger partial charge in [-0.25, -0.2) is 4.98 Å². The molecule has 5 nitrogen and oxygen atoms in total. The maximum atomic E-state index is 6.11. The van der Waals surface area contributed by atoms with E-state index in [9.17, 15) is 0 Å². The first kappa shape index (κ1) is 12.2. The lowest BCUT2D eigenvalue weighted by molar-refractivity contribution is 1.00. The third-order valence-electron chi connectivity index (χ3n) is 2.68. The summed E-state index contributed by atoms with van der Waals surface area (Å²) >= 11 is 12.1. The van der Waals surface area contributed by atoms with Crippen LogP contribution in [0.2, 0.25) is 10.0 Å². The molecular formula is C12H9Cl2N5. The third-order valence-corrected chi connectivity index (χ3v) is 3.24. The van der Waals surface area contributed by atoms with Crippen LogP contribution in [-0.2, 0) is 0 Å². The van der Waals surface area contributed by atoms with Crippen LogP contribution in [-0.4, -0.2) is 19.6 Å². The van der Waals surface area contributed by atoms with Crippen molar-refractivity contribution in [1.82, 2.24) is 19.6 Å². The van der Waals surface area contributed by atoms with Crippen molar-refractivity contribution >= 4 is 40.4 Å². The lowest BCUT2D eigenvalue weighted by Crippen LogP contribution is -1.99. The molecular weight excluding hydrogens is 285 g/mol. The van der Waals surface area contributed by atoms with Gasteiger partial charge in [0.1, 0.15) is 5.82 Å². The summed E-state index contributed by atoms with van der Waals surface area (Å²) in [7, 11) is 0. The van der Waals surface area contributed by atoms with Gasteiger partial charge in [0.05, 0.1) is 10.7 Å². The number of aryl methyl sites for hydroxylation is 1. The Morgan fingerprint density at radius 3 is 2.89 bits per heavy atom. The Labute approximate surface area is 119 Å². The number of rotatable bonds is 2. The van der Waals surface area contributed by atoms with Gasteiger partial charge < -0.3 is 5.32 Å². The predicted octanol–water partition coefficient (Wildman–Crippen LogP) is 3.48. The molecule has 0 spiro atoms. The first-order valence-corrected chi connectivity index (χ1v) is 6.29.